The van der Waals surface area contributed by atoms with Crippen molar-refractivity contribution >= 4 is 9.84 Å². The molecule has 0 atom stereocenters. The Kier molecular flexibility index (Phi) is 5.11. The molecule has 2 aromatic carbocycles. The van der Waals surface area contributed by atoms with Crippen molar-refractivity contribution in [3.63, 3.8) is 0 Å². The lowest BCUT2D eigenvalue weighted by Crippen LogP contribution is -2.11. The summed E-state index contributed by atoms with van der Waals surface area (Å²) in [6, 6.07) is 13.8. The molecule has 0 spiro atoms. The molecule has 3 rings (SSSR count). The molecule has 1 aromatic heterocycles. The number of nitrogens with zero attached hydrogens (tertiary/aromatic N) is 2. The predicted octanol–water partition coefficient (Wildman–Crippen LogP) is 5.26. The fourth-order valence-corrected chi connectivity index (χ4v) is 3.53. The van der Waals surface area contributed by atoms with Crippen LogP contribution in [0.15, 0.2) is 59.5 Å². The van der Waals surface area contributed by atoms with Gasteiger partial charge in [0.05, 0.1) is 16.3 Å². The van der Waals surface area contributed by atoms with Crippen molar-refractivity contribution in [2.24, 2.45) is 0 Å². The molecule has 0 N–H and O–H groups in total. The van der Waals surface area contributed by atoms with Gasteiger partial charge in [0, 0.05) is 11.8 Å². The highest BCUT2D eigenvalue weighted by molar-refractivity contribution is 7.90. The quantitative estimate of drug-likeness (QED) is 0.579. The zero-order valence-corrected chi connectivity index (χ0v) is 17.3. The molecular weight excluding hydrogens is 401 g/mol. The van der Waals surface area contributed by atoms with Crippen molar-refractivity contribution in [1.82, 2.24) is 9.78 Å². The van der Waals surface area contributed by atoms with Crippen LogP contribution in [0.3, 0.4) is 0 Å². The summed E-state index contributed by atoms with van der Waals surface area (Å²) in [4.78, 5) is 0.0953. The molecule has 0 amide bonds. The molecule has 3 aromatic rings. The first-order chi connectivity index (χ1) is 13.3. The van der Waals surface area contributed by atoms with Crippen LogP contribution in [0, 0.1) is 0 Å². The standard InChI is InChI=1S/C21H21F3N2O2S/c1-20(2,3)15-7-9-16(10-8-15)26-18(13-19(25-26)21(22,23)24)14-5-11-17(12-6-14)29(4,27)28/h5-13H,1-4H3. The lowest BCUT2D eigenvalue weighted by Gasteiger charge is -2.19. The van der Waals surface area contributed by atoms with Gasteiger partial charge in [-0.3, -0.25) is 0 Å². The molecule has 0 radical (unpaired) electrons. The Morgan fingerprint density at radius 2 is 1.45 bits per heavy atom. The molecule has 1 heterocycles. The lowest BCUT2D eigenvalue weighted by molar-refractivity contribution is -0.141. The molecule has 0 saturated carbocycles. The van der Waals surface area contributed by atoms with Gasteiger partial charge in [-0.1, -0.05) is 45.0 Å². The molecule has 0 saturated heterocycles. The Balaban J connectivity index is 2.13. The summed E-state index contributed by atoms with van der Waals surface area (Å²) >= 11 is 0. The molecule has 4 nitrogen and oxygen atoms in total. The molecule has 0 aliphatic carbocycles. The third-order valence-electron chi connectivity index (χ3n) is 4.56. The minimum absolute atomic E-state index is 0.0932. The molecule has 0 unspecified atom stereocenters. The molecular formula is C21H21F3N2O2S. The highest BCUT2D eigenvalue weighted by atomic mass is 32.2. The number of rotatable bonds is 3. The van der Waals surface area contributed by atoms with Gasteiger partial charge >= 0.3 is 6.18 Å². The smallest absolute Gasteiger partial charge is 0.233 e. The first-order valence-corrected chi connectivity index (χ1v) is 10.7. The van der Waals surface area contributed by atoms with E-state index in [4.69, 9.17) is 0 Å². The monoisotopic (exact) mass is 422 g/mol. The fourth-order valence-electron chi connectivity index (χ4n) is 2.90. The minimum Gasteiger partial charge on any atom is -0.233 e. The average molecular weight is 422 g/mol. The molecule has 8 heteroatoms. The van der Waals surface area contributed by atoms with Gasteiger partial charge in [0.2, 0.25) is 0 Å². The maximum atomic E-state index is 13.3. The van der Waals surface area contributed by atoms with Crippen molar-refractivity contribution in [3.05, 3.63) is 65.9 Å². The largest absolute Gasteiger partial charge is 0.435 e. The van der Waals surface area contributed by atoms with E-state index < -0.39 is 21.7 Å². The van der Waals surface area contributed by atoms with Gasteiger partial charge in [-0.05, 0) is 41.3 Å². The Labute approximate surface area is 167 Å². The van der Waals surface area contributed by atoms with Crippen LogP contribution in [0.4, 0.5) is 13.2 Å². The third kappa shape index (κ3) is 4.53. The molecule has 0 bridgehead atoms. The minimum atomic E-state index is -4.60. The maximum absolute atomic E-state index is 13.3. The Bertz CT molecular complexity index is 1120. The van der Waals surface area contributed by atoms with Crippen LogP contribution in [0.1, 0.15) is 32.0 Å². The van der Waals surface area contributed by atoms with Crippen molar-refractivity contribution < 1.29 is 21.6 Å². The Morgan fingerprint density at radius 1 is 0.897 bits per heavy atom. The highest BCUT2D eigenvalue weighted by Gasteiger charge is 2.35. The normalized spacial score (nSPS) is 12.9. The van der Waals surface area contributed by atoms with E-state index in [1.807, 2.05) is 32.9 Å². The van der Waals surface area contributed by atoms with Crippen LogP contribution < -0.4 is 0 Å². The maximum Gasteiger partial charge on any atom is 0.435 e. The van der Waals surface area contributed by atoms with Gasteiger partial charge in [-0.2, -0.15) is 18.3 Å². The molecule has 0 aliphatic rings. The van der Waals surface area contributed by atoms with Crippen molar-refractivity contribution in [3.8, 4) is 16.9 Å². The Hall–Kier alpha value is -2.61. The molecule has 29 heavy (non-hydrogen) atoms. The second-order valence-electron chi connectivity index (χ2n) is 7.92. The van der Waals surface area contributed by atoms with Gasteiger partial charge in [0.25, 0.3) is 0 Å². The molecule has 0 aliphatic heterocycles. The van der Waals surface area contributed by atoms with Crippen molar-refractivity contribution in [1.29, 1.82) is 0 Å². The van der Waals surface area contributed by atoms with Crippen LogP contribution in [0.25, 0.3) is 16.9 Å². The fraction of sp³-hybridized carbons (Fsp3) is 0.286. The average Bonchev–Trinajstić information content (AvgIpc) is 3.06. The number of hydrogen-bond donors (Lipinski definition) is 0. The van der Waals surface area contributed by atoms with E-state index in [2.05, 4.69) is 5.10 Å². The van der Waals surface area contributed by atoms with Crippen LogP contribution in [0.2, 0.25) is 0 Å². The number of aromatic nitrogens is 2. The SMILES string of the molecule is CC(C)(C)c1ccc(-n2nc(C(F)(F)F)cc2-c2ccc(S(C)(=O)=O)cc2)cc1. The number of hydrogen-bond acceptors (Lipinski definition) is 3. The molecule has 154 valence electrons. The zero-order chi connectivity index (χ0) is 21.6. The highest BCUT2D eigenvalue weighted by Crippen LogP contribution is 2.34. The first kappa shape index (κ1) is 21.1. The van der Waals surface area contributed by atoms with E-state index in [1.165, 1.54) is 28.9 Å². The number of halogens is 3. The molecule has 0 fully saturated rings. The van der Waals surface area contributed by atoms with E-state index in [0.717, 1.165) is 17.9 Å². The van der Waals surface area contributed by atoms with E-state index in [9.17, 15) is 21.6 Å². The zero-order valence-electron chi connectivity index (χ0n) is 16.4. The summed E-state index contributed by atoms with van der Waals surface area (Å²) in [6.07, 6.45) is -3.52. The summed E-state index contributed by atoms with van der Waals surface area (Å²) in [5, 5.41) is 3.76. The van der Waals surface area contributed by atoms with Gasteiger partial charge in [-0.25, -0.2) is 13.1 Å². The van der Waals surface area contributed by atoms with Crippen molar-refractivity contribution in [2.75, 3.05) is 6.26 Å². The van der Waals surface area contributed by atoms with Crippen LogP contribution >= 0.6 is 0 Å². The van der Waals surface area contributed by atoms with E-state index in [0.29, 0.717) is 11.3 Å². The summed E-state index contributed by atoms with van der Waals surface area (Å²) in [5.41, 5.74) is 1.07. The topological polar surface area (TPSA) is 52.0 Å². The first-order valence-electron chi connectivity index (χ1n) is 8.85. The number of benzene rings is 2. The van der Waals surface area contributed by atoms with Gasteiger partial charge in [0.1, 0.15) is 0 Å². The van der Waals surface area contributed by atoms with Gasteiger partial charge in [0.15, 0.2) is 15.5 Å². The third-order valence-corrected chi connectivity index (χ3v) is 5.68. The lowest BCUT2D eigenvalue weighted by atomic mass is 9.87. The van der Waals surface area contributed by atoms with E-state index >= 15 is 0 Å². The Morgan fingerprint density at radius 3 is 1.90 bits per heavy atom. The van der Waals surface area contributed by atoms with Crippen LogP contribution in [-0.2, 0) is 21.4 Å². The van der Waals surface area contributed by atoms with Crippen molar-refractivity contribution in [2.45, 2.75) is 37.3 Å². The van der Waals surface area contributed by atoms with E-state index in [1.54, 1.807) is 12.1 Å². The van der Waals surface area contributed by atoms with Crippen LogP contribution in [0.5, 0.6) is 0 Å². The second-order valence-corrected chi connectivity index (χ2v) is 9.93. The summed E-state index contributed by atoms with van der Waals surface area (Å²) < 4.78 is 64.4. The number of alkyl halides is 3. The predicted molar refractivity (Wildman–Crippen MR) is 106 cm³/mol. The number of sulfone groups is 1. The second kappa shape index (κ2) is 7.02. The summed E-state index contributed by atoms with van der Waals surface area (Å²) in [5.74, 6) is 0. The summed E-state index contributed by atoms with van der Waals surface area (Å²) in [6.45, 7) is 6.14. The summed E-state index contributed by atoms with van der Waals surface area (Å²) in [7, 11) is -3.40. The van der Waals surface area contributed by atoms with Gasteiger partial charge in [-0.15, -0.1) is 0 Å². The van der Waals surface area contributed by atoms with Crippen LogP contribution in [-0.4, -0.2) is 24.5 Å². The van der Waals surface area contributed by atoms with Gasteiger partial charge < -0.3 is 0 Å². The van der Waals surface area contributed by atoms with E-state index in [-0.39, 0.29) is 16.0 Å².